The van der Waals surface area contributed by atoms with Crippen LogP contribution in [0, 0.1) is 46.3 Å². The average Bonchev–Trinajstić information content (AvgIpc) is 3.03. The Morgan fingerprint density at radius 2 is 1.72 bits per heavy atom. The lowest BCUT2D eigenvalue weighted by molar-refractivity contribution is -0.141. The van der Waals surface area contributed by atoms with E-state index in [1.54, 1.807) is 0 Å². The fraction of sp³-hybridized carbons (Fsp3) is 0.960. The van der Waals surface area contributed by atoms with Crippen LogP contribution in [0.25, 0.3) is 0 Å². The van der Waals surface area contributed by atoms with E-state index in [0.717, 1.165) is 37.0 Å². The second-order valence-electron chi connectivity index (χ2n) is 11.7. The van der Waals surface area contributed by atoms with Crippen LogP contribution in [0.1, 0.15) is 85.0 Å². The number of fused-ring (bicyclic) bond motifs is 5. The Morgan fingerprint density at radius 1 is 1.03 bits per heavy atom. The second kappa shape index (κ2) is 7.82. The number of rotatable bonds is 5. The highest BCUT2D eigenvalue weighted by Crippen LogP contribution is 2.68. The van der Waals surface area contributed by atoms with Crippen molar-refractivity contribution >= 4 is 5.97 Å². The molecule has 4 heteroatoms. The molecule has 166 valence electrons. The lowest BCUT2D eigenvalue weighted by atomic mass is 9.43. The van der Waals surface area contributed by atoms with Gasteiger partial charge in [0, 0.05) is 12.5 Å². The Kier molecular flexibility index (Phi) is 5.83. The minimum Gasteiger partial charge on any atom is -0.481 e. The molecule has 4 aliphatic rings. The van der Waals surface area contributed by atoms with Gasteiger partial charge in [-0.15, -0.1) is 0 Å². The Bertz CT molecular complexity index is 623. The van der Waals surface area contributed by atoms with Gasteiger partial charge in [0.25, 0.3) is 0 Å². The first-order valence-electron chi connectivity index (χ1n) is 12.3. The van der Waals surface area contributed by atoms with E-state index in [2.05, 4.69) is 33.1 Å². The summed E-state index contributed by atoms with van der Waals surface area (Å²) >= 11 is 0. The topological polar surface area (TPSA) is 69.6 Å². The molecule has 0 aliphatic heterocycles. The summed E-state index contributed by atoms with van der Waals surface area (Å²) < 4.78 is 0. The lowest BCUT2D eigenvalue weighted by Gasteiger charge is -2.63. The molecule has 3 N–H and O–H groups in total. The van der Waals surface area contributed by atoms with Gasteiger partial charge < -0.3 is 15.5 Å². The smallest absolute Gasteiger partial charge is 0.303 e. The zero-order valence-corrected chi connectivity index (χ0v) is 19.0. The van der Waals surface area contributed by atoms with Gasteiger partial charge in [0.05, 0.1) is 6.10 Å². The van der Waals surface area contributed by atoms with Crippen molar-refractivity contribution in [3.63, 3.8) is 0 Å². The van der Waals surface area contributed by atoms with Crippen LogP contribution in [-0.2, 0) is 4.79 Å². The number of carboxylic acids is 1. The molecule has 10 atom stereocenters. The molecule has 0 bridgehead atoms. The molecule has 4 aliphatic carbocycles. The van der Waals surface area contributed by atoms with Gasteiger partial charge in [-0.05, 0) is 111 Å². The normalized spacial score (nSPS) is 50.3. The summed E-state index contributed by atoms with van der Waals surface area (Å²) in [6.45, 7) is 7.41. The summed E-state index contributed by atoms with van der Waals surface area (Å²) in [7, 11) is 2.12. The van der Waals surface area contributed by atoms with Crippen LogP contribution in [0.4, 0.5) is 0 Å². The van der Waals surface area contributed by atoms with E-state index in [9.17, 15) is 9.90 Å². The van der Waals surface area contributed by atoms with E-state index in [1.807, 2.05) is 0 Å². The van der Waals surface area contributed by atoms with Crippen molar-refractivity contribution in [2.45, 2.75) is 97.1 Å². The summed E-state index contributed by atoms with van der Waals surface area (Å²) in [6.07, 6.45) is 10.7. The summed E-state index contributed by atoms with van der Waals surface area (Å²) in [5.74, 6) is 3.53. The Balaban J connectivity index is 1.57. The van der Waals surface area contributed by atoms with Crippen LogP contribution in [-0.4, -0.2) is 35.4 Å². The number of nitrogens with one attached hydrogen (secondary N) is 1. The minimum atomic E-state index is -0.650. The number of aliphatic carboxylic acids is 1. The summed E-state index contributed by atoms with van der Waals surface area (Å²) in [5.41, 5.74) is 0.749. The third-order valence-corrected chi connectivity index (χ3v) is 10.6. The van der Waals surface area contributed by atoms with Gasteiger partial charge in [-0.25, -0.2) is 0 Å². The predicted octanol–water partition coefficient (Wildman–Crippen LogP) is 4.71. The molecule has 0 spiro atoms. The van der Waals surface area contributed by atoms with E-state index in [-0.39, 0.29) is 6.10 Å². The first kappa shape index (κ1) is 21.6. The number of aliphatic hydroxyl groups is 1. The largest absolute Gasteiger partial charge is 0.481 e. The molecule has 0 aromatic carbocycles. The number of hydrogen-bond donors (Lipinski definition) is 3. The first-order chi connectivity index (χ1) is 13.7. The number of carboxylic acid groups (broad SMARTS) is 1. The maximum Gasteiger partial charge on any atom is 0.303 e. The molecule has 0 saturated heterocycles. The SMILES string of the molecule is CNC1C[C@@H]2[C@H](CC[C@]3(C)[C@@H]([C@H](C)CCC(=O)O)CC[C@@H]23)[C@@]2(C)CCC(O)C[C@@H]12. The zero-order valence-electron chi connectivity index (χ0n) is 19.0. The first-order valence-corrected chi connectivity index (χ1v) is 12.3. The van der Waals surface area contributed by atoms with Crippen molar-refractivity contribution in [3.05, 3.63) is 0 Å². The summed E-state index contributed by atoms with van der Waals surface area (Å²) in [4.78, 5) is 11.1. The van der Waals surface area contributed by atoms with Crippen LogP contribution in [0.15, 0.2) is 0 Å². The molecule has 0 aromatic heterocycles. The highest BCUT2D eigenvalue weighted by Gasteiger charge is 2.62. The molecule has 0 radical (unpaired) electrons. The number of aliphatic hydroxyl groups excluding tert-OH is 1. The highest BCUT2D eigenvalue weighted by molar-refractivity contribution is 5.66. The fourth-order valence-corrected chi connectivity index (χ4v) is 9.17. The maximum atomic E-state index is 11.1. The monoisotopic (exact) mass is 405 g/mol. The third kappa shape index (κ3) is 3.46. The van der Waals surface area contributed by atoms with Crippen molar-refractivity contribution in [2.75, 3.05) is 7.05 Å². The Labute approximate surface area is 177 Å². The van der Waals surface area contributed by atoms with Crippen molar-refractivity contribution in [3.8, 4) is 0 Å². The molecule has 2 unspecified atom stereocenters. The standard InChI is InChI=1S/C25H43NO3/c1-15(5-8-23(28)29)18-6-7-19-17-14-22(26-4)21-13-16(27)9-11-25(21,3)20(17)10-12-24(18,19)2/h15-22,26-27H,5-14H2,1-4H3,(H,28,29)/t15-,16?,17+,18-,19+,20+,21+,22?,24-,25-/m1/s1. The van der Waals surface area contributed by atoms with E-state index >= 15 is 0 Å². The molecular formula is C25H43NO3. The van der Waals surface area contributed by atoms with Crippen molar-refractivity contribution < 1.29 is 15.0 Å². The van der Waals surface area contributed by atoms with Crippen LogP contribution in [0.5, 0.6) is 0 Å². The van der Waals surface area contributed by atoms with Crippen molar-refractivity contribution in [1.82, 2.24) is 5.32 Å². The molecule has 4 nitrogen and oxygen atoms in total. The Hall–Kier alpha value is -0.610. The zero-order chi connectivity index (χ0) is 21.0. The van der Waals surface area contributed by atoms with Crippen molar-refractivity contribution in [2.24, 2.45) is 46.3 Å². The highest BCUT2D eigenvalue weighted by atomic mass is 16.4. The summed E-state index contributed by atoms with van der Waals surface area (Å²) in [5, 5.41) is 23.2. The van der Waals surface area contributed by atoms with Gasteiger partial charge in [-0.3, -0.25) is 4.79 Å². The molecule has 0 heterocycles. The molecular weight excluding hydrogens is 362 g/mol. The van der Waals surface area contributed by atoms with Gasteiger partial charge in [0.2, 0.25) is 0 Å². The van der Waals surface area contributed by atoms with Crippen LogP contribution in [0.2, 0.25) is 0 Å². The van der Waals surface area contributed by atoms with Gasteiger partial charge in [-0.2, -0.15) is 0 Å². The number of hydrogen-bond acceptors (Lipinski definition) is 3. The quantitative estimate of drug-likeness (QED) is 0.620. The fourth-order valence-electron chi connectivity index (χ4n) is 9.17. The van der Waals surface area contributed by atoms with Crippen LogP contribution in [0.3, 0.4) is 0 Å². The summed E-state index contributed by atoms with van der Waals surface area (Å²) in [6, 6.07) is 0.530. The van der Waals surface area contributed by atoms with E-state index in [0.29, 0.717) is 41.0 Å². The van der Waals surface area contributed by atoms with Crippen LogP contribution >= 0.6 is 0 Å². The predicted molar refractivity (Wildman–Crippen MR) is 115 cm³/mol. The third-order valence-electron chi connectivity index (χ3n) is 10.6. The van der Waals surface area contributed by atoms with Gasteiger partial charge in [-0.1, -0.05) is 20.8 Å². The van der Waals surface area contributed by atoms with E-state index in [1.165, 1.54) is 38.5 Å². The molecule has 4 fully saturated rings. The molecule has 0 aromatic rings. The maximum absolute atomic E-state index is 11.1. The van der Waals surface area contributed by atoms with E-state index in [4.69, 9.17) is 5.11 Å². The molecule has 4 saturated carbocycles. The van der Waals surface area contributed by atoms with Crippen LogP contribution < -0.4 is 5.32 Å². The molecule has 29 heavy (non-hydrogen) atoms. The van der Waals surface area contributed by atoms with Gasteiger partial charge in [0.15, 0.2) is 0 Å². The number of carbonyl (C=O) groups is 1. The minimum absolute atomic E-state index is 0.111. The Morgan fingerprint density at radius 3 is 2.41 bits per heavy atom. The van der Waals surface area contributed by atoms with Gasteiger partial charge in [0.1, 0.15) is 0 Å². The molecule has 0 amide bonds. The van der Waals surface area contributed by atoms with E-state index < -0.39 is 5.97 Å². The van der Waals surface area contributed by atoms with Gasteiger partial charge >= 0.3 is 5.97 Å². The molecule has 4 rings (SSSR count). The second-order valence-corrected chi connectivity index (χ2v) is 11.7. The lowest BCUT2D eigenvalue weighted by Crippen LogP contribution is -2.60. The van der Waals surface area contributed by atoms with Crippen molar-refractivity contribution in [1.29, 1.82) is 0 Å². The average molecular weight is 406 g/mol.